The zero-order chi connectivity index (χ0) is 19.0. The van der Waals surface area contributed by atoms with E-state index in [0.29, 0.717) is 16.7 Å². The van der Waals surface area contributed by atoms with Gasteiger partial charge in [0.1, 0.15) is 0 Å². The van der Waals surface area contributed by atoms with Crippen molar-refractivity contribution in [2.75, 3.05) is 5.88 Å². The third-order valence-electron chi connectivity index (χ3n) is 9.11. The van der Waals surface area contributed by atoms with Crippen molar-refractivity contribution in [1.82, 2.24) is 4.90 Å². The van der Waals surface area contributed by atoms with Crippen molar-refractivity contribution in [3.05, 3.63) is 34.5 Å². The molecular weight excluding hydrogens is 350 g/mol. The largest absolute Gasteiger partial charge is 0.393 e. The molecule has 148 valence electrons. The number of allylic oxidation sites excluding steroid dienone is 3. The second kappa shape index (κ2) is 6.16. The van der Waals surface area contributed by atoms with E-state index in [1.165, 1.54) is 25.7 Å². The normalized spacial score (nSPS) is 49.0. The smallest absolute Gasteiger partial charge is 0.0720 e. The molecule has 0 unspecified atom stereocenters. The highest BCUT2D eigenvalue weighted by Gasteiger charge is 2.59. The molecule has 5 rings (SSSR count). The van der Waals surface area contributed by atoms with Gasteiger partial charge < -0.3 is 10.0 Å². The summed E-state index contributed by atoms with van der Waals surface area (Å²) in [5.41, 5.74) is 5.54. The molecule has 0 saturated heterocycles. The molecule has 3 heteroatoms. The predicted octanol–water partition coefficient (Wildman–Crippen LogP) is 5.92. The van der Waals surface area contributed by atoms with E-state index >= 15 is 0 Å². The van der Waals surface area contributed by atoms with Crippen LogP contribution in [0.4, 0.5) is 0 Å². The van der Waals surface area contributed by atoms with Crippen molar-refractivity contribution in [2.45, 2.75) is 72.3 Å². The molecule has 0 radical (unpaired) electrons. The standard InChI is InChI=1S/C24H35NOS/c1-15-11-17-13-18(26)5-7-23(17,3)19-6-8-24(4)20(21(15)19)12-16(2)22(24)25-9-10-27-14-25/h9-11,15,18-21,26H,5-8,12-14H2,1-4H3/t15-,18-,19-,20-,21+,23-,24-/m0/s1. The Labute approximate surface area is 169 Å². The third-order valence-corrected chi connectivity index (χ3v) is 9.85. The molecule has 7 atom stereocenters. The van der Waals surface area contributed by atoms with Gasteiger partial charge in [-0.1, -0.05) is 38.0 Å². The zero-order valence-corrected chi connectivity index (χ0v) is 18.2. The maximum absolute atomic E-state index is 10.3. The van der Waals surface area contributed by atoms with Crippen LogP contribution in [0.3, 0.4) is 0 Å². The lowest BCUT2D eigenvalue weighted by atomic mass is 9.46. The lowest BCUT2D eigenvalue weighted by molar-refractivity contribution is -0.0521. The molecule has 0 aromatic heterocycles. The quantitative estimate of drug-likeness (QED) is 0.567. The van der Waals surface area contributed by atoms with Crippen LogP contribution in [0.5, 0.6) is 0 Å². The minimum Gasteiger partial charge on any atom is -0.393 e. The minimum absolute atomic E-state index is 0.108. The molecule has 0 aromatic carbocycles. The highest BCUT2D eigenvalue weighted by atomic mass is 32.2. The second-order valence-electron chi connectivity index (χ2n) is 10.5. The van der Waals surface area contributed by atoms with Gasteiger partial charge in [-0.25, -0.2) is 0 Å². The molecule has 27 heavy (non-hydrogen) atoms. The fourth-order valence-electron chi connectivity index (χ4n) is 7.91. The van der Waals surface area contributed by atoms with E-state index in [4.69, 9.17) is 0 Å². The molecule has 2 fully saturated rings. The first-order chi connectivity index (χ1) is 12.8. The first-order valence-electron chi connectivity index (χ1n) is 11.0. The summed E-state index contributed by atoms with van der Waals surface area (Å²) in [5.74, 6) is 4.11. The number of hydrogen-bond donors (Lipinski definition) is 1. The summed E-state index contributed by atoms with van der Waals surface area (Å²) in [6.45, 7) is 9.98. The number of rotatable bonds is 1. The van der Waals surface area contributed by atoms with Gasteiger partial charge in [0.05, 0.1) is 12.0 Å². The van der Waals surface area contributed by atoms with E-state index in [0.717, 1.165) is 36.5 Å². The van der Waals surface area contributed by atoms with Gasteiger partial charge in [-0.05, 0) is 79.9 Å². The number of hydrogen-bond acceptors (Lipinski definition) is 3. The fourth-order valence-corrected chi connectivity index (χ4v) is 8.60. The first-order valence-corrected chi connectivity index (χ1v) is 12.0. The molecule has 4 aliphatic carbocycles. The summed E-state index contributed by atoms with van der Waals surface area (Å²) in [4.78, 5) is 2.55. The number of fused-ring (bicyclic) bond motifs is 5. The summed E-state index contributed by atoms with van der Waals surface area (Å²) < 4.78 is 0. The Balaban J connectivity index is 1.52. The van der Waals surface area contributed by atoms with Crippen LogP contribution in [0.1, 0.15) is 66.2 Å². The van der Waals surface area contributed by atoms with E-state index in [2.05, 4.69) is 50.3 Å². The van der Waals surface area contributed by atoms with Gasteiger partial charge in [-0.3, -0.25) is 0 Å². The van der Waals surface area contributed by atoms with E-state index < -0.39 is 0 Å². The van der Waals surface area contributed by atoms with Crippen molar-refractivity contribution in [2.24, 2.45) is 34.5 Å². The molecule has 5 aliphatic rings. The topological polar surface area (TPSA) is 23.5 Å². The SMILES string of the molecule is CC1=C(N2C=CSC2)[C@@]2(C)CC[C@H]3[C@@H]([C@@H](C)C=C4C[C@@H](O)CC[C@@]43C)[C@@H]2C1. The molecule has 1 N–H and O–H groups in total. The van der Waals surface area contributed by atoms with Crippen molar-refractivity contribution in [3.8, 4) is 0 Å². The van der Waals surface area contributed by atoms with Crippen LogP contribution in [-0.2, 0) is 0 Å². The Morgan fingerprint density at radius 3 is 2.63 bits per heavy atom. The molecule has 0 aromatic rings. The van der Waals surface area contributed by atoms with Gasteiger partial charge in [0, 0.05) is 17.3 Å². The lowest BCUT2D eigenvalue weighted by Crippen LogP contribution is -2.53. The highest BCUT2D eigenvalue weighted by molar-refractivity contribution is 8.02. The molecule has 1 aliphatic heterocycles. The molecule has 1 heterocycles. The van der Waals surface area contributed by atoms with Crippen LogP contribution in [0.25, 0.3) is 0 Å². The zero-order valence-electron chi connectivity index (χ0n) is 17.4. The monoisotopic (exact) mass is 385 g/mol. The number of thioether (sulfide) groups is 1. The van der Waals surface area contributed by atoms with Gasteiger partial charge in [0.15, 0.2) is 0 Å². The molecular formula is C24H35NOS. The van der Waals surface area contributed by atoms with E-state index in [1.807, 2.05) is 11.8 Å². The molecule has 2 nitrogen and oxygen atoms in total. The fraction of sp³-hybridized carbons (Fsp3) is 0.750. The van der Waals surface area contributed by atoms with Gasteiger partial charge in [-0.15, -0.1) is 11.8 Å². The van der Waals surface area contributed by atoms with E-state index in [1.54, 1.807) is 16.8 Å². The summed E-state index contributed by atoms with van der Waals surface area (Å²) in [5, 5.41) is 12.5. The van der Waals surface area contributed by atoms with Crippen molar-refractivity contribution in [3.63, 3.8) is 0 Å². The van der Waals surface area contributed by atoms with Crippen LogP contribution in [0.15, 0.2) is 34.5 Å². The Kier molecular flexibility index (Phi) is 4.19. The average molecular weight is 386 g/mol. The van der Waals surface area contributed by atoms with Gasteiger partial charge in [0.25, 0.3) is 0 Å². The Hall–Kier alpha value is -0.670. The molecule has 0 bridgehead atoms. The highest BCUT2D eigenvalue weighted by Crippen LogP contribution is 2.67. The van der Waals surface area contributed by atoms with E-state index in [-0.39, 0.29) is 6.10 Å². The number of aliphatic hydroxyl groups excluding tert-OH is 1. The van der Waals surface area contributed by atoms with Crippen LogP contribution in [-0.4, -0.2) is 22.0 Å². The van der Waals surface area contributed by atoms with Crippen LogP contribution < -0.4 is 0 Å². The Morgan fingerprint density at radius 1 is 1.11 bits per heavy atom. The maximum Gasteiger partial charge on any atom is 0.0720 e. The summed E-state index contributed by atoms with van der Waals surface area (Å²) in [6.07, 6.45) is 11.9. The number of aliphatic hydroxyl groups is 1. The Morgan fingerprint density at radius 2 is 1.89 bits per heavy atom. The van der Waals surface area contributed by atoms with Gasteiger partial charge >= 0.3 is 0 Å². The van der Waals surface area contributed by atoms with Gasteiger partial charge in [0.2, 0.25) is 0 Å². The molecule has 0 amide bonds. The van der Waals surface area contributed by atoms with Crippen LogP contribution in [0.2, 0.25) is 0 Å². The average Bonchev–Trinajstić information content (AvgIpc) is 3.21. The van der Waals surface area contributed by atoms with Crippen LogP contribution in [0, 0.1) is 34.5 Å². The van der Waals surface area contributed by atoms with Crippen molar-refractivity contribution >= 4 is 11.8 Å². The van der Waals surface area contributed by atoms with Crippen molar-refractivity contribution < 1.29 is 5.11 Å². The molecule has 0 spiro atoms. The van der Waals surface area contributed by atoms with E-state index in [9.17, 15) is 5.11 Å². The minimum atomic E-state index is -0.108. The molecule has 2 saturated carbocycles. The predicted molar refractivity (Wildman–Crippen MR) is 114 cm³/mol. The first kappa shape index (κ1) is 18.4. The summed E-state index contributed by atoms with van der Waals surface area (Å²) in [6, 6.07) is 0. The second-order valence-corrected chi connectivity index (χ2v) is 11.4. The Bertz CT molecular complexity index is 739. The lowest BCUT2D eigenvalue weighted by Gasteiger charge is -2.59. The summed E-state index contributed by atoms with van der Waals surface area (Å²) in [7, 11) is 0. The van der Waals surface area contributed by atoms with Crippen LogP contribution >= 0.6 is 11.8 Å². The number of nitrogens with zero attached hydrogens (tertiary/aromatic N) is 1. The summed E-state index contributed by atoms with van der Waals surface area (Å²) >= 11 is 1.92. The van der Waals surface area contributed by atoms with Gasteiger partial charge in [-0.2, -0.15) is 0 Å². The van der Waals surface area contributed by atoms with Crippen molar-refractivity contribution in [1.29, 1.82) is 0 Å². The third kappa shape index (κ3) is 2.50. The maximum atomic E-state index is 10.3.